The average molecular weight is 429 g/mol. The van der Waals surface area contributed by atoms with E-state index in [1.165, 1.54) is 12.1 Å². The number of aliphatic carboxylic acids is 1. The summed E-state index contributed by atoms with van der Waals surface area (Å²) in [5, 5.41) is 10.5. The Bertz CT molecular complexity index is 881. The normalized spacial score (nSPS) is 20.1. The smallest absolute Gasteiger partial charge is 0.320 e. The zero-order valence-corrected chi connectivity index (χ0v) is 16.7. The number of carbonyl (C=O) groups is 1. The summed E-state index contributed by atoms with van der Waals surface area (Å²) < 4.78 is 27.0. The van der Waals surface area contributed by atoms with Crippen LogP contribution in [0.15, 0.2) is 36.4 Å². The van der Waals surface area contributed by atoms with E-state index in [0.29, 0.717) is 35.1 Å². The third kappa shape index (κ3) is 4.81. The van der Waals surface area contributed by atoms with E-state index in [9.17, 15) is 18.7 Å². The SMILES string of the molecule is CN(Cc1ccc(F)cc1F)[C@H]1C[C@@H](C(=O)O)N(Cc2ccc(Cl)c(Cl)c2)C1. The van der Waals surface area contributed by atoms with Gasteiger partial charge < -0.3 is 5.11 Å². The lowest BCUT2D eigenvalue weighted by molar-refractivity contribution is -0.142. The van der Waals surface area contributed by atoms with Crippen molar-refractivity contribution in [1.29, 1.82) is 0 Å². The van der Waals surface area contributed by atoms with Crippen molar-refractivity contribution in [2.75, 3.05) is 13.6 Å². The Labute approximate surface area is 172 Å². The van der Waals surface area contributed by atoms with Crippen LogP contribution in [0, 0.1) is 11.6 Å². The zero-order chi connectivity index (χ0) is 20.4. The molecule has 0 aromatic heterocycles. The van der Waals surface area contributed by atoms with E-state index in [4.69, 9.17) is 23.2 Å². The highest BCUT2D eigenvalue weighted by Gasteiger charge is 2.38. The highest BCUT2D eigenvalue weighted by Crippen LogP contribution is 2.28. The quantitative estimate of drug-likeness (QED) is 0.738. The van der Waals surface area contributed by atoms with Gasteiger partial charge in [-0.3, -0.25) is 14.6 Å². The van der Waals surface area contributed by atoms with Crippen LogP contribution in [0.4, 0.5) is 8.78 Å². The summed E-state index contributed by atoms with van der Waals surface area (Å²) in [7, 11) is 1.81. The summed E-state index contributed by atoms with van der Waals surface area (Å²) in [6.07, 6.45) is 0.413. The fraction of sp³-hybridized carbons (Fsp3) is 0.350. The first-order valence-corrected chi connectivity index (χ1v) is 9.55. The summed E-state index contributed by atoms with van der Waals surface area (Å²) in [6.45, 7) is 1.20. The molecule has 1 N–H and O–H groups in total. The van der Waals surface area contributed by atoms with Crippen LogP contribution in [0.3, 0.4) is 0 Å². The Morgan fingerprint density at radius 2 is 1.96 bits per heavy atom. The van der Waals surface area contributed by atoms with Gasteiger partial charge in [-0.1, -0.05) is 35.3 Å². The summed E-state index contributed by atoms with van der Waals surface area (Å²) in [5.41, 5.74) is 1.24. The molecule has 0 unspecified atom stereocenters. The number of carboxylic acid groups (broad SMARTS) is 1. The molecule has 150 valence electrons. The van der Waals surface area contributed by atoms with Gasteiger partial charge in [0.1, 0.15) is 17.7 Å². The zero-order valence-electron chi connectivity index (χ0n) is 15.2. The molecule has 1 fully saturated rings. The van der Waals surface area contributed by atoms with E-state index >= 15 is 0 Å². The molecule has 3 rings (SSSR count). The van der Waals surface area contributed by atoms with Gasteiger partial charge >= 0.3 is 5.97 Å². The van der Waals surface area contributed by atoms with Crippen molar-refractivity contribution in [3.05, 3.63) is 69.2 Å². The fourth-order valence-electron chi connectivity index (χ4n) is 3.55. The second kappa shape index (κ2) is 8.74. The van der Waals surface area contributed by atoms with E-state index in [0.717, 1.165) is 11.6 Å². The Morgan fingerprint density at radius 3 is 2.61 bits per heavy atom. The summed E-state index contributed by atoms with van der Waals surface area (Å²) >= 11 is 12.0. The Balaban J connectivity index is 1.71. The van der Waals surface area contributed by atoms with Crippen LogP contribution in [-0.4, -0.2) is 46.6 Å². The average Bonchev–Trinajstić information content (AvgIpc) is 3.05. The van der Waals surface area contributed by atoms with Crippen molar-refractivity contribution in [3.63, 3.8) is 0 Å². The summed E-state index contributed by atoms with van der Waals surface area (Å²) in [6, 6.07) is 8.00. The first-order valence-electron chi connectivity index (χ1n) is 8.79. The largest absolute Gasteiger partial charge is 0.480 e. The molecule has 1 heterocycles. The highest BCUT2D eigenvalue weighted by molar-refractivity contribution is 6.42. The van der Waals surface area contributed by atoms with Gasteiger partial charge in [0.05, 0.1) is 10.0 Å². The topological polar surface area (TPSA) is 43.8 Å². The molecule has 0 radical (unpaired) electrons. The van der Waals surface area contributed by atoms with Crippen LogP contribution in [0.1, 0.15) is 17.5 Å². The molecular weight excluding hydrogens is 409 g/mol. The summed E-state index contributed by atoms with van der Waals surface area (Å²) in [4.78, 5) is 15.5. The van der Waals surface area contributed by atoms with Crippen LogP contribution in [0.2, 0.25) is 10.0 Å². The van der Waals surface area contributed by atoms with Gasteiger partial charge in [0.2, 0.25) is 0 Å². The third-order valence-corrected chi connectivity index (χ3v) is 5.83. The standard InChI is InChI=1S/C20H20Cl2F2N2O2/c1-25(10-13-3-4-14(23)7-18(13)24)15-8-19(20(27)28)26(11-15)9-12-2-5-16(21)17(22)6-12/h2-7,15,19H,8-11H2,1H3,(H,27,28)/t15-,19-/m0/s1. The number of halogens is 4. The molecule has 0 aliphatic carbocycles. The lowest BCUT2D eigenvalue weighted by Gasteiger charge is -2.25. The van der Waals surface area contributed by atoms with Crippen LogP contribution in [0.25, 0.3) is 0 Å². The van der Waals surface area contributed by atoms with Crippen molar-refractivity contribution in [1.82, 2.24) is 9.80 Å². The van der Waals surface area contributed by atoms with Crippen molar-refractivity contribution in [3.8, 4) is 0 Å². The maximum absolute atomic E-state index is 13.9. The van der Waals surface area contributed by atoms with Gasteiger partial charge in [0.25, 0.3) is 0 Å². The molecule has 1 aliphatic rings. The maximum Gasteiger partial charge on any atom is 0.320 e. The minimum Gasteiger partial charge on any atom is -0.480 e. The second-order valence-corrected chi connectivity index (χ2v) is 7.89. The number of rotatable bonds is 6. The van der Waals surface area contributed by atoms with Crippen LogP contribution in [0.5, 0.6) is 0 Å². The van der Waals surface area contributed by atoms with Gasteiger partial charge in [-0.15, -0.1) is 0 Å². The van der Waals surface area contributed by atoms with Crippen LogP contribution >= 0.6 is 23.2 Å². The Kier molecular flexibility index (Phi) is 6.55. The minimum absolute atomic E-state index is 0.0756. The lowest BCUT2D eigenvalue weighted by Crippen LogP contribution is -2.36. The first-order chi connectivity index (χ1) is 13.2. The number of nitrogens with zero attached hydrogens (tertiary/aromatic N) is 2. The number of likely N-dealkylation sites (tertiary alicyclic amines) is 1. The van der Waals surface area contributed by atoms with E-state index in [-0.39, 0.29) is 12.6 Å². The van der Waals surface area contributed by atoms with Crippen LogP contribution in [-0.2, 0) is 17.9 Å². The molecule has 2 aromatic rings. The molecule has 0 amide bonds. The van der Waals surface area contributed by atoms with E-state index in [1.54, 1.807) is 12.1 Å². The number of hydrogen-bond donors (Lipinski definition) is 1. The molecule has 2 atom stereocenters. The van der Waals surface area contributed by atoms with Gasteiger partial charge in [-0.05, 0) is 37.2 Å². The second-order valence-electron chi connectivity index (χ2n) is 7.07. The third-order valence-electron chi connectivity index (χ3n) is 5.09. The van der Waals surface area contributed by atoms with Gasteiger partial charge in [0, 0.05) is 37.3 Å². The van der Waals surface area contributed by atoms with Gasteiger partial charge in [-0.25, -0.2) is 8.78 Å². The van der Waals surface area contributed by atoms with E-state index < -0.39 is 23.6 Å². The van der Waals surface area contributed by atoms with Gasteiger partial charge in [0.15, 0.2) is 0 Å². The van der Waals surface area contributed by atoms with Crippen molar-refractivity contribution in [2.24, 2.45) is 0 Å². The molecule has 0 bridgehead atoms. The number of benzene rings is 2. The molecule has 4 nitrogen and oxygen atoms in total. The molecule has 0 saturated carbocycles. The number of likely N-dealkylation sites (N-methyl/N-ethyl adjacent to an activating group) is 1. The van der Waals surface area contributed by atoms with Gasteiger partial charge in [-0.2, -0.15) is 0 Å². The Hall–Kier alpha value is -1.73. The first kappa shape index (κ1) is 21.0. The van der Waals surface area contributed by atoms with Crippen molar-refractivity contribution in [2.45, 2.75) is 31.6 Å². The van der Waals surface area contributed by atoms with E-state index in [2.05, 4.69) is 0 Å². The molecule has 1 aliphatic heterocycles. The Morgan fingerprint density at radius 1 is 1.21 bits per heavy atom. The summed E-state index contributed by atoms with van der Waals surface area (Å²) in [5.74, 6) is -2.13. The molecule has 0 spiro atoms. The van der Waals surface area contributed by atoms with Crippen molar-refractivity contribution >= 4 is 29.2 Å². The number of carboxylic acids is 1. The number of hydrogen-bond acceptors (Lipinski definition) is 3. The maximum atomic E-state index is 13.9. The predicted molar refractivity (Wildman–Crippen MR) is 105 cm³/mol. The monoisotopic (exact) mass is 428 g/mol. The van der Waals surface area contributed by atoms with Crippen molar-refractivity contribution < 1.29 is 18.7 Å². The van der Waals surface area contributed by atoms with E-state index in [1.807, 2.05) is 22.9 Å². The molecule has 1 saturated heterocycles. The highest BCUT2D eigenvalue weighted by atomic mass is 35.5. The molecule has 28 heavy (non-hydrogen) atoms. The molecule has 2 aromatic carbocycles. The molecule has 8 heteroatoms. The fourth-order valence-corrected chi connectivity index (χ4v) is 3.87. The predicted octanol–water partition coefficient (Wildman–Crippen LogP) is 4.43. The molecular formula is C20H20Cl2F2N2O2. The minimum atomic E-state index is -0.899. The lowest BCUT2D eigenvalue weighted by atomic mass is 10.1. The van der Waals surface area contributed by atoms with Crippen LogP contribution < -0.4 is 0 Å².